The summed E-state index contributed by atoms with van der Waals surface area (Å²) < 4.78 is 166. The molecule has 0 fully saturated rings. The van der Waals surface area contributed by atoms with Crippen molar-refractivity contribution in [1.29, 1.82) is 0 Å². The lowest BCUT2D eigenvalue weighted by atomic mass is 9.77. The number of aliphatic hydroxyl groups is 1. The van der Waals surface area contributed by atoms with Crippen molar-refractivity contribution < 1.29 is 67.3 Å². The number of amides is 2. The Morgan fingerprint density at radius 1 is 0.841 bits per heavy atom. The summed E-state index contributed by atoms with van der Waals surface area (Å²) in [5.74, 6) is -4.56. The van der Waals surface area contributed by atoms with E-state index in [-0.39, 0.29) is 17.7 Å². The van der Waals surface area contributed by atoms with E-state index in [4.69, 9.17) is 0 Å². The largest absolute Gasteiger partial charge is 0.461 e. The minimum absolute atomic E-state index is 0.144. The van der Waals surface area contributed by atoms with Gasteiger partial charge in [0.1, 0.15) is 17.4 Å². The fraction of sp³-hybridized carbons (Fsp3) is 0.296. The number of halogens is 12. The number of alkyl halides is 10. The summed E-state index contributed by atoms with van der Waals surface area (Å²) in [7, 11) is 0. The summed E-state index contributed by atoms with van der Waals surface area (Å²) in [4.78, 5) is 12.9. The van der Waals surface area contributed by atoms with Gasteiger partial charge in [0, 0.05) is 12.5 Å². The van der Waals surface area contributed by atoms with Gasteiger partial charge in [-0.05, 0) is 41.0 Å². The molecule has 0 saturated carbocycles. The van der Waals surface area contributed by atoms with Crippen LogP contribution in [0.25, 0.3) is 0 Å². The van der Waals surface area contributed by atoms with E-state index >= 15 is 0 Å². The number of benzene rings is 3. The maximum atomic E-state index is 14.8. The molecule has 17 heteroatoms. The van der Waals surface area contributed by atoms with Gasteiger partial charge in [0.2, 0.25) is 0 Å². The first-order chi connectivity index (χ1) is 20.2. The monoisotopic (exact) mass is 648 g/mol. The molecule has 0 aliphatic heterocycles. The Bertz CT molecular complexity index is 1450. The number of nitrogens with one attached hydrogen (secondary N) is 2. The lowest BCUT2D eigenvalue weighted by Gasteiger charge is -2.37. The van der Waals surface area contributed by atoms with Gasteiger partial charge in [-0.2, -0.15) is 43.9 Å². The molecule has 3 N–H and O–H groups in total. The van der Waals surface area contributed by atoms with Crippen LogP contribution in [0.3, 0.4) is 0 Å². The van der Waals surface area contributed by atoms with Gasteiger partial charge in [0.25, 0.3) is 0 Å². The van der Waals surface area contributed by atoms with E-state index in [1.54, 1.807) is 5.32 Å². The third-order valence-electron chi connectivity index (χ3n) is 6.11. The Morgan fingerprint density at radius 2 is 1.48 bits per heavy atom. The van der Waals surface area contributed by atoms with Crippen LogP contribution in [0.1, 0.15) is 22.3 Å². The molecule has 2 unspecified atom stereocenters. The average Bonchev–Trinajstić information content (AvgIpc) is 2.90. The van der Waals surface area contributed by atoms with Gasteiger partial charge in [-0.1, -0.05) is 36.4 Å². The lowest BCUT2D eigenvalue weighted by Crippen LogP contribution is -2.54. The zero-order valence-corrected chi connectivity index (χ0v) is 21.7. The van der Waals surface area contributed by atoms with E-state index in [0.29, 0.717) is 24.3 Å². The molecule has 3 rings (SSSR count). The van der Waals surface area contributed by atoms with Crippen LogP contribution in [0.2, 0.25) is 0 Å². The molecule has 0 radical (unpaired) electrons. The van der Waals surface area contributed by atoms with Gasteiger partial charge >= 0.3 is 30.9 Å². The summed E-state index contributed by atoms with van der Waals surface area (Å²) in [5.41, 5.74) is -5.75. The van der Waals surface area contributed by atoms with E-state index in [2.05, 4.69) is 10.1 Å². The second kappa shape index (κ2) is 12.8. The fourth-order valence-corrected chi connectivity index (χ4v) is 4.08. The van der Waals surface area contributed by atoms with E-state index in [1.807, 2.05) is 0 Å². The van der Waals surface area contributed by atoms with Crippen LogP contribution in [0.15, 0.2) is 66.7 Å². The Kier molecular flexibility index (Phi) is 10.0. The number of carbonyl (C=O) groups is 1. The highest BCUT2D eigenvalue weighted by molar-refractivity contribution is 5.76. The van der Waals surface area contributed by atoms with Crippen LogP contribution < -0.4 is 15.4 Å². The van der Waals surface area contributed by atoms with E-state index < -0.39 is 89.6 Å². The van der Waals surface area contributed by atoms with Crippen LogP contribution >= 0.6 is 0 Å². The van der Waals surface area contributed by atoms with E-state index in [9.17, 15) is 62.6 Å². The lowest BCUT2D eigenvalue weighted by molar-refractivity contribution is -0.253. The van der Waals surface area contributed by atoms with Crippen molar-refractivity contribution in [3.05, 3.63) is 101 Å². The van der Waals surface area contributed by atoms with Crippen molar-refractivity contribution in [2.75, 3.05) is 6.54 Å². The molecule has 0 spiro atoms. The standard InChI is InChI=1S/C27H20F12N2O3/c28-17-8-16(9-18(11-17)44-27(38,39)22(30)31)24(12-14-4-2-1-3-5-14,41-23(43)40-13-21(42)26(35,36)37)15-6-7-20(29)19(10-15)25(32,33)34/h1-11,21-22,42H,12-13H2,(H2,40,41,43). The van der Waals surface area contributed by atoms with Crippen LogP contribution in [0.4, 0.5) is 57.5 Å². The smallest absolute Gasteiger partial charge is 0.428 e. The molecule has 3 aromatic carbocycles. The fourth-order valence-electron chi connectivity index (χ4n) is 4.08. The zero-order chi connectivity index (χ0) is 33.1. The number of ether oxygens (including phenoxy) is 1. The summed E-state index contributed by atoms with van der Waals surface area (Å²) in [6.07, 6.45) is -24.0. The molecule has 2 atom stereocenters. The van der Waals surface area contributed by atoms with Crippen molar-refractivity contribution in [1.82, 2.24) is 10.6 Å². The van der Waals surface area contributed by atoms with Crippen molar-refractivity contribution in [2.45, 2.75) is 43.0 Å². The molecule has 2 amide bonds. The Balaban J connectivity index is 2.30. The molecular weight excluding hydrogens is 628 g/mol. The first-order valence-electron chi connectivity index (χ1n) is 12.1. The number of carbonyl (C=O) groups excluding carboxylic acids is 1. The molecule has 0 aliphatic rings. The molecule has 0 saturated heterocycles. The Hall–Kier alpha value is -4.15. The average molecular weight is 648 g/mol. The highest BCUT2D eigenvalue weighted by Crippen LogP contribution is 2.40. The molecule has 240 valence electrons. The first kappa shape index (κ1) is 34.3. The summed E-state index contributed by atoms with van der Waals surface area (Å²) in [6.45, 7) is -1.48. The third kappa shape index (κ3) is 8.27. The molecule has 44 heavy (non-hydrogen) atoms. The number of aliphatic hydroxyl groups excluding tert-OH is 1. The highest BCUT2D eigenvalue weighted by Gasteiger charge is 2.46. The molecule has 3 aromatic rings. The molecule has 5 nitrogen and oxygen atoms in total. The van der Waals surface area contributed by atoms with Crippen molar-refractivity contribution >= 4 is 6.03 Å². The van der Waals surface area contributed by atoms with Crippen molar-refractivity contribution in [2.24, 2.45) is 0 Å². The predicted octanol–water partition coefficient (Wildman–Crippen LogP) is 6.93. The van der Waals surface area contributed by atoms with Gasteiger partial charge in [-0.25, -0.2) is 13.6 Å². The summed E-state index contributed by atoms with van der Waals surface area (Å²) in [5, 5.41) is 13.0. The number of hydrogen-bond acceptors (Lipinski definition) is 3. The maximum Gasteiger partial charge on any atom is 0.461 e. The van der Waals surface area contributed by atoms with Crippen molar-refractivity contribution in [3.8, 4) is 5.75 Å². The normalized spacial score (nSPS) is 14.6. The maximum absolute atomic E-state index is 14.8. The highest BCUT2D eigenvalue weighted by atomic mass is 19.4. The Labute approximate surface area is 240 Å². The van der Waals surface area contributed by atoms with Crippen LogP contribution in [0.5, 0.6) is 5.75 Å². The number of rotatable bonds is 10. The minimum Gasteiger partial charge on any atom is -0.428 e. The molecule has 0 aliphatic carbocycles. The number of urea groups is 1. The SMILES string of the molecule is O=C(NCC(O)C(F)(F)F)NC(Cc1ccccc1)(c1cc(F)cc(OC(F)(F)C(F)F)c1)c1ccc(F)c(C(F)(F)F)c1. The van der Waals surface area contributed by atoms with Crippen LogP contribution in [-0.2, 0) is 18.1 Å². The van der Waals surface area contributed by atoms with E-state index in [1.165, 1.54) is 30.3 Å². The quantitative estimate of drug-likeness (QED) is 0.209. The zero-order valence-electron chi connectivity index (χ0n) is 21.7. The van der Waals surface area contributed by atoms with Gasteiger partial charge in [-0.3, -0.25) is 0 Å². The van der Waals surface area contributed by atoms with E-state index in [0.717, 1.165) is 0 Å². The minimum atomic E-state index is -5.35. The number of hydrogen-bond donors (Lipinski definition) is 3. The van der Waals surface area contributed by atoms with Gasteiger partial charge in [0.15, 0.2) is 6.10 Å². The third-order valence-corrected chi connectivity index (χ3v) is 6.11. The van der Waals surface area contributed by atoms with Gasteiger partial charge < -0.3 is 20.5 Å². The second-order valence-electron chi connectivity index (χ2n) is 9.29. The van der Waals surface area contributed by atoms with Gasteiger partial charge in [-0.15, -0.1) is 0 Å². The summed E-state index contributed by atoms with van der Waals surface area (Å²) in [6, 6.07) is 7.78. The molecule has 0 bridgehead atoms. The molecule has 0 aromatic heterocycles. The summed E-state index contributed by atoms with van der Waals surface area (Å²) >= 11 is 0. The second-order valence-corrected chi connectivity index (χ2v) is 9.29. The first-order valence-corrected chi connectivity index (χ1v) is 12.1. The van der Waals surface area contributed by atoms with Crippen molar-refractivity contribution in [3.63, 3.8) is 0 Å². The van der Waals surface area contributed by atoms with Gasteiger partial charge in [0.05, 0.1) is 17.6 Å². The topological polar surface area (TPSA) is 70.6 Å². The molecule has 0 heterocycles. The molecular formula is C27H20F12N2O3. The Morgan fingerprint density at radius 3 is 2.05 bits per heavy atom. The predicted molar refractivity (Wildman–Crippen MR) is 129 cm³/mol. The van der Waals surface area contributed by atoms with Crippen LogP contribution in [0, 0.1) is 11.6 Å². The van der Waals surface area contributed by atoms with Crippen LogP contribution in [-0.4, -0.2) is 42.5 Å².